The molecule has 0 spiro atoms. The minimum absolute atomic E-state index is 0.0304. The maximum absolute atomic E-state index is 9.84. The zero-order valence-electron chi connectivity index (χ0n) is 11.3. The van der Waals surface area contributed by atoms with Crippen LogP contribution in [-0.2, 0) is 9.47 Å². The molecule has 0 aliphatic carbocycles. The van der Waals surface area contributed by atoms with Crippen LogP contribution in [0.2, 0.25) is 6.32 Å². The fourth-order valence-corrected chi connectivity index (χ4v) is 1.93. The Morgan fingerprint density at radius 1 is 1.17 bits per heavy atom. The van der Waals surface area contributed by atoms with Crippen LogP contribution in [0.4, 0.5) is 0 Å². The van der Waals surface area contributed by atoms with E-state index < -0.39 is 30.4 Å². The van der Waals surface area contributed by atoms with Crippen molar-refractivity contribution in [3.63, 3.8) is 0 Å². The van der Waals surface area contributed by atoms with Crippen molar-refractivity contribution in [3.05, 3.63) is 0 Å². The average molecular weight is 259 g/mol. The maximum atomic E-state index is 9.84. The van der Waals surface area contributed by atoms with E-state index in [0.717, 1.165) is 12.7 Å². The number of aliphatic hydroxyl groups excluding tert-OH is 3. The lowest BCUT2D eigenvalue weighted by Gasteiger charge is -2.41. The standard InChI is InChI=1S/C12H24BO5/c1-4-5-13-12-11(16)10(15)9(14)8(18-12)6-17-7(2)3/h7-12,14-16H,4-6H2,1-3H3/t8?,9-,10+,11?,12-/m1/s1. The molecule has 1 heterocycles. The van der Waals surface area contributed by atoms with E-state index in [1.165, 1.54) is 0 Å². The van der Waals surface area contributed by atoms with Gasteiger partial charge in [-0.25, -0.2) is 0 Å². The third-order valence-electron chi connectivity index (χ3n) is 3.03. The lowest BCUT2D eigenvalue weighted by atomic mass is 9.63. The summed E-state index contributed by atoms with van der Waals surface area (Å²) in [6, 6.07) is -0.552. The van der Waals surface area contributed by atoms with Gasteiger partial charge in [-0.3, -0.25) is 0 Å². The smallest absolute Gasteiger partial charge is 0.153 e. The van der Waals surface area contributed by atoms with Gasteiger partial charge in [0.15, 0.2) is 7.28 Å². The molecule has 1 fully saturated rings. The summed E-state index contributed by atoms with van der Waals surface area (Å²) in [6.45, 7) is 6.01. The van der Waals surface area contributed by atoms with Gasteiger partial charge in [0.2, 0.25) is 0 Å². The molecular formula is C12H24BO5. The van der Waals surface area contributed by atoms with Gasteiger partial charge in [-0.1, -0.05) is 19.7 Å². The summed E-state index contributed by atoms with van der Waals surface area (Å²) in [4.78, 5) is 0. The van der Waals surface area contributed by atoms with Crippen molar-refractivity contribution in [1.82, 2.24) is 0 Å². The van der Waals surface area contributed by atoms with Gasteiger partial charge in [-0.15, -0.1) is 0 Å². The summed E-state index contributed by atoms with van der Waals surface area (Å²) in [5, 5.41) is 29.5. The van der Waals surface area contributed by atoms with Gasteiger partial charge in [0.05, 0.1) is 18.7 Å². The van der Waals surface area contributed by atoms with Gasteiger partial charge in [0, 0.05) is 0 Å². The van der Waals surface area contributed by atoms with Crippen LogP contribution in [0.3, 0.4) is 0 Å². The van der Waals surface area contributed by atoms with Crippen LogP contribution in [0.1, 0.15) is 27.2 Å². The molecule has 1 saturated heterocycles. The van der Waals surface area contributed by atoms with E-state index in [2.05, 4.69) is 0 Å². The number of hydrogen-bond acceptors (Lipinski definition) is 5. The van der Waals surface area contributed by atoms with E-state index in [-0.39, 0.29) is 12.7 Å². The van der Waals surface area contributed by atoms with Crippen LogP contribution < -0.4 is 0 Å². The first-order chi connectivity index (χ1) is 8.47. The monoisotopic (exact) mass is 259 g/mol. The molecule has 1 radical (unpaired) electrons. The highest BCUT2D eigenvalue weighted by Crippen LogP contribution is 2.22. The summed E-state index contributed by atoms with van der Waals surface area (Å²) in [5.41, 5.74) is 0. The molecule has 18 heavy (non-hydrogen) atoms. The van der Waals surface area contributed by atoms with Crippen molar-refractivity contribution in [2.24, 2.45) is 0 Å². The van der Waals surface area contributed by atoms with Gasteiger partial charge >= 0.3 is 0 Å². The zero-order valence-corrected chi connectivity index (χ0v) is 11.3. The van der Waals surface area contributed by atoms with Crippen molar-refractivity contribution in [1.29, 1.82) is 0 Å². The van der Waals surface area contributed by atoms with E-state index in [1.807, 2.05) is 28.1 Å². The minimum atomic E-state index is -1.20. The fourth-order valence-electron chi connectivity index (χ4n) is 1.93. The Morgan fingerprint density at radius 2 is 1.83 bits per heavy atom. The molecule has 1 aliphatic heterocycles. The SMILES string of the molecule is CCC[B][C@@H]1OC(COC(C)C)[C@@H](O)[C@H](O)C1O. The first-order valence-corrected chi connectivity index (χ1v) is 6.62. The highest BCUT2D eigenvalue weighted by molar-refractivity contribution is 6.37. The van der Waals surface area contributed by atoms with Crippen LogP contribution in [0.25, 0.3) is 0 Å². The van der Waals surface area contributed by atoms with Gasteiger partial charge in [-0.05, 0) is 13.8 Å². The van der Waals surface area contributed by atoms with Crippen LogP contribution in [0.15, 0.2) is 0 Å². The summed E-state index contributed by atoms with van der Waals surface area (Å²) in [5.74, 6) is 0. The Kier molecular flexibility index (Phi) is 6.59. The number of ether oxygens (including phenoxy) is 2. The predicted octanol–water partition coefficient (Wildman–Crippen LogP) is -0.249. The molecule has 0 bridgehead atoms. The highest BCUT2D eigenvalue weighted by Gasteiger charge is 2.43. The highest BCUT2D eigenvalue weighted by atomic mass is 16.6. The zero-order chi connectivity index (χ0) is 13.7. The lowest BCUT2D eigenvalue weighted by molar-refractivity contribution is -0.215. The second kappa shape index (κ2) is 7.45. The summed E-state index contributed by atoms with van der Waals surface area (Å²) in [6.07, 6.45) is -2.24. The first-order valence-electron chi connectivity index (χ1n) is 6.62. The Bertz CT molecular complexity index is 239. The summed E-state index contributed by atoms with van der Waals surface area (Å²) >= 11 is 0. The van der Waals surface area contributed by atoms with Crippen molar-refractivity contribution < 1.29 is 24.8 Å². The van der Waals surface area contributed by atoms with Crippen LogP contribution in [-0.4, -0.2) is 65.7 Å². The second-order valence-corrected chi connectivity index (χ2v) is 5.02. The molecule has 0 saturated carbocycles. The van der Waals surface area contributed by atoms with E-state index in [9.17, 15) is 15.3 Å². The van der Waals surface area contributed by atoms with Gasteiger partial charge in [0.25, 0.3) is 0 Å². The Balaban J connectivity index is 2.56. The Morgan fingerprint density at radius 3 is 2.39 bits per heavy atom. The third kappa shape index (κ3) is 4.21. The summed E-state index contributed by atoms with van der Waals surface area (Å²) in [7, 11) is 1.84. The minimum Gasteiger partial charge on any atom is -0.388 e. The molecule has 0 aromatic heterocycles. The average Bonchev–Trinajstić information content (AvgIpc) is 2.34. The Labute approximate surface area is 109 Å². The van der Waals surface area contributed by atoms with E-state index in [0.29, 0.717) is 0 Å². The number of hydrogen-bond donors (Lipinski definition) is 3. The van der Waals surface area contributed by atoms with Gasteiger partial charge in [0.1, 0.15) is 24.4 Å². The molecule has 0 amide bonds. The molecule has 1 rings (SSSR count). The van der Waals surface area contributed by atoms with Gasteiger partial charge in [-0.2, -0.15) is 0 Å². The summed E-state index contributed by atoms with van der Waals surface area (Å²) < 4.78 is 11.0. The molecule has 1 aliphatic rings. The molecule has 6 heteroatoms. The molecular weight excluding hydrogens is 235 g/mol. The molecule has 105 valence electrons. The van der Waals surface area contributed by atoms with Crippen LogP contribution in [0.5, 0.6) is 0 Å². The second-order valence-electron chi connectivity index (χ2n) is 5.02. The van der Waals surface area contributed by atoms with Crippen molar-refractivity contribution >= 4 is 7.28 Å². The fraction of sp³-hybridized carbons (Fsp3) is 1.00. The molecule has 3 N–H and O–H groups in total. The van der Waals surface area contributed by atoms with E-state index >= 15 is 0 Å². The van der Waals surface area contributed by atoms with Gasteiger partial charge < -0.3 is 24.8 Å². The predicted molar refractivity (Wildman–Crippen MR) is 68.6 cm³/mol. The molecule has 5 nitrogen and oxygen atoms in total. The van der Waals surface area contributed by atoms with E-state index in [4.69, 9.17) is 9.47 Å². The quantitative estimate of drug-likeness (QED) is 0.573. The number of rotatable bonds is 6. The molecule has 0 aromatic rings. The maximum Gasteiger partial charge on any atom is 0.153 e. The molecule has 5 atom stereocenters. The third-order valence-corrected chi connectivity index (χ3v) is 3.03. The van der Waals surface area contributed by atoms with E-state index in [1.54, 1.807) is 0 Å². The largest absolute Gasteiger partial charge is 0.388 e. The van der Waals surface area contributed by atoms with Crippen molar-refractivity contribution in [2.75, 3.05) is 6.61 Å². The molecule has 2 unspecified atom stereocenters. The van der Waals surface area contributed by atoms with Crippen molar-refractivity contribution in [3.8, 4) is 0 Å². The van der Waals surface area contributed by atoms with Crippen molar-refractivity contribution in [2.45, 2.75) is 70.0 Å². The van der Waals surface area contributed by atoms with Crippen LogP contribution >= 0.6 is 0 Å². The number of aliphatic hydroxyl groups is 3. The molecule has 0 aromatic carbocycles. The Hall–Kier alpha value is -0.135. The topological polar surface area (TPSA) is 79.2 Å². The first kappa shape index (κ1) is 15.9. The lowest BCUT2D eigenvalue weighted by Crippen LogP contribution is -2.60. The van der Waals surface area contributed by atoms with Crippen LogP contribution in [0, 0.1) is 0 Å². The normalized spacial score (nSPS) is 36.9.